The van der Waals surface area contributed by atoms with Gasteiger partial charge in [-0.3, -0.25) is 4.79 Å². The van der Waals surface area contributed by atoms with Crippen molar-refractivity contribution in [2.75, 3.05) is 0 Å². The van der Waals surface area contributed by atoms with Crippen molar-refractivity contribution in [3.63, 3.8) is 0 Å². The topological polar surface area (TPSA) is 38.3 Å². The molecule has 134 valence electrons. The quantitative estimate of drug-likeness (QED) is 0.342. The third kappa shape index (κ3) is 4.82. The molecule has 1 aliphatic rings. The second kappa shape index (κ2) is 8.63. The van der Waals surface area contributed by atoms with E-state index in [2.05, 4.69) is 37.2 Å². The van der Waals surface area contributed by atoms with Crippen molar-refractivity contribution < 1.29 is 9.53 Å². The third-order valence-corrected chi connectivity index (χ3v) is 6.28. The van der Waals surface area contributed by atoms with Crippen LogP contribution in [-0.4, -0.2) is 10.2 Å². The standard InChI is InChI=1S/C17H9Br2Cl2NO2S2/c18-11-3-8(5-14-16(23)22-17(25)26-14)4-12(19)15(11)24-7-9-1-2-10(20)6-13(9)21/h1-6H,7H2,(H,22,23,25)/b14-5-. The first-order valence-corrected chi connectivity index (χ1v) is 10.7. The fourth-order valence-electron chi connectivity index (χ4n) is 2.16. The van der Waals surface area contributed by atoms with E-state index < -0.39 is 0 Å². The van der Waals surface area contributed by atoms with Crippen LogP contribution >= 0.6 is 79.0 Å². The van der Waals surface area contributed by atoms with Crippen molar-refractivity contribution in [2.45, 2.75) is 6.61 Å². The Morgan fingerprint density at radius 2 is 1.88 bits per heavy atom. The lowest BCUT2D eigenvalue weighted by atomic mass is 10.2. The molecule has 2 aromatic rings. The third-order valence-electron chi connectivity index (χ3n) is 3.35. The van der Waals surface area contributed by atoms with Gasteiger partial charge in [-0.15, -0.1) is 0 Å². The van der Waals surface area contributed by atoms with Gasteiger partial charge in [0.25, 0.3) is 5.91 Å². The smallest absolute Gasteiger partial charge is 0.263 e. The minimum absolute atomic E-state index is 0.190. The molecule has 1 heterocycles. The first-order valence-electron chi connectivity index (χ1n) is 7.14. The number of hydrogen-bond donors (Lipinski definition) is 1. The van der Waals surface area contributed by atoms with Crippen LogP contribution in [0.4, 0.5) is 0 Å². The molecule has 0 aliphatic carbocycles. The van der Waals surface area contributed by atoms with Gasteiger partial charge in [0, 0.05) is 15.6 Å². The van der Waals surface area contributed by atoms with Crippen LogP contribution in [0.2, 0.25) is 10.0 Å². The summed E-state index contributed by atoms with van der Waals surface area (Å²) in [5, 5.41) is 3.72. The summed E-state index contributed by atoms with van der Waals surface area (Å²) in [6, 6.07) is 9.00. The Labute approximate surface area is 186 Å². The molecule has 3 nitrogen and oxygen atoms in total. The van der Waals surface area contributed by atoms with E-state index in [1.807, 2.05) is 18.2 Å². The van der Waals surface area contributed by atoms with Crippen LogP contribution in [0.1, 0.15) is 11.1 Å². The van der Waals surface area contributed by atoms with Crippen molar-refractivity contribution in [2.24, 2.45) is 0 Å². The van der Waals surface area contributed by atoms with Gasteiger partial charge >= 0.3 is 0 Å². The number of halogens is 4. The van der Waals surface area contributed by atoms with Crippen LogP contribution in [0.25, 0.3) is 6.08 Å². The molecule has 1 fully saturated rings. The van der Waals surface area contributed by atoms with Gasteiger partial charge in [-0.25, -0.2) is 0 Å². The van der Waals surface area contributed by atoms with Gasteiger partial charge < -0.3 is 10.1 Å². The Morgan fingerprint density at radius 3 is 2.46 bits per heavy atom. The first kappa shape index (κ1) is 20.2. The van der Waals surface area contributed by atoms with Gasteiger partial charge in [-0.1, -0.05) is 53.2 Å². The molecular formula is C17H9Br2Cl2NO2S2. The number of carbonyl (C=O) groups excluding carboxylic acids is 1. The molecule has 1 N–H and O–H groups in total. The molecule has 26 heavy (non-hydrogen) atoms. The lowest BCUT2D eigenvalue weighted by Gasteiger charge is -2.12. The van der Waals surface area contributed by atoms with Crippen LogP contribution in [0.5, 0.6) is 5.75 Å². The van der Waals surface area contributed by atoms with E-state index in [1.165, 1.54) is 11.8 Å². The lowest BCUT2D eigenvalue weighted by Crippen LogP contribution is -2.17. The molecule has 0 aromatic heterocycles. The van der Waals surface area contributed by atoms with E-state index in [9.17, 15) is 4.79 Å². The molecule has 0 unspecified atom stereocenters. The number of carbonyl (C=O) groups is 1. The molecule has 0 saturated carbocycles. The number of thioether (sulfide) groups is 1. The SMILES string of the molecule is O=C1NC(=S)S/C1=C\c1cc(Br)c(OCc2ccc(Cl)cc2Cl)c(Br)c1. The average Bonchev–Trinajstić information content (AvgIpc) is 2.86. The van der Waals surface area contributed by atoms with Crippen molar-refractivity contribution in [1.29, 1.82) is 0 Å². The van der Waals surface area contributed by atoms with Crippen LogP contribution in [0.3, 0.4) is 0 Å². The first-order chi connectivity index (χ1) is 12.3. The minimum Gasteiger partial charge on any atom is -0.486 e. The molecule has 1 saturated heterocycles. The van der Waals surface area contributed by atoms with Gasteiger partial charge in [0.15, 0.2) is 0 Å². The number of amides is 1. The van der Waals surface area contributed by atoms with Gasteiger partial charge in [-0.05, 0) is 67.8 Å². The maximum absolute atomic E-state index is 11.8. The van der Waals surface area contributed by atoms with Crippen molar-refractivity contribution in [3.8, 4) is 5.75 Å². The van der Waals surface area contributed by atoms with Crippen molar-refractivity contribution in [1.82, 2.24) is 5.32 Å². The fourth-order valence-corrected chi connectivity index (χ4v) is 5.12. The second-order valence-electron chi connectivity index (χ2n) is 5.19. The van der Waals surface area contributed by atoms with Gasteiger partial charge in [0.05, 0.1) is 13.9 Å². The minimum atomic E-state index is -0.190. The predicted molar refractivity (Wildman–Crippen MR) is 119 cm³/mol. The summed E-state index contributed by atoms with van der Waals surface area (Å²) in [6.45, 7) is 0.292. The molecule has 0 radical (unpaired) electrons. The Balaban J connectivity index is 1.80. The zero-order valence-corrected chi connectivity index (χ0v) is 19.1. The number of thiocarbonyl (C=S) groups is 1. The Morgan fingerprint density at radius 1 is 1.19 bits per heavy atom. The highest BCUT2D eigenvalue weighted by Crippen LogP contribution is 2.37. The molecule has 2 aromatic carbocycles. The summed E-state index contributed by atoms with van der Waals surface area (Å²) in [6.07, 6.45) is 1.77. The number of nitrogens with one attached hydrogen (secondary N) is 1. The molecule has 0 bridgehead atoms. The zero-order chi connectivity index (χ0) is 18.8. The zero-order valence-electron chi connectivity index (χ0n) is 12.8. The number of ether oxygens (including phenoxy) is 1. The molecular weight excluding hydrogens is 545 g/mol. The van der Waals surface area contributed by atoms with Crippen LogP contribution in [0, 0.1) is 0 Å². The van der Waals surface area contributed by atoms with E-state index in [0.717, 1.165) is 20.1 Å². The average molecular weight is 554 g/mol. The van der Waals surface area contributed by atoms with Crippen molar-refractivity contribution >= 4 is 95.3 Å². The highest BCUT2D eigenvalue weighted by atomic mass is 79.9. The maximum atomic E-state index is 11.8. The number of hydrogen-bond acceptors (Lipinski definition) is 4. The summed E-state index contributed by atoms with van der Waals surface area (Å²) in [5.41, 5.74) is 1.66. The Bertz CT molecular complexity index is 927. The largest absolute Gasteiger partial charge is 0.486 e. The summed E-state index contributed by atoms with van der Waals surface area (Å²) >= 11 is 25.3. The predicted octanol–water partition coefficient (Wildman–Crippen LogP) is 6.59. The number of benzene rings is 2. The summed E-state index contributed by atoms with van der Waals surface area (Å²) in [7, 11) is 0. The van der Waals surface area contributed by atoms with Crippen LogP contribution in [-0.2, 0) is 11.4 Å². The van der Waals surface area contributed by atoms with E-state index in [-0.39, 0.29) is 5.91 Å². The highest BCUT2D eigenvalue weighted by molar-refractivity contribution is 9.11. The molecule has 0 spiro atoms. The molecule has 1 amide bonds. The Kier molecular flexibility index (Phi) is 6.69. The molecule has 1 aliphatic heterocycles. The van der Waals surface area contributed by atoms with Gasteiger partial charge in [0.2, 0.25) is 0 Å². The monoisotopic (exact) mass is 551 g/mol. The van der Waals surface area contributed by atoms with Crippen LogP contribution < -0.4 is 10.1 Å². The molecule has 9 heteroatoms. The van der Waals surface area contributed by atoms with E-state index in [0.29, 0.717) is 31.6 Å². The van der Waals surface area contributed by atoms with Gasteiger partial charge in [0.1, 0.15) is 16.7 Å². The molecule has 3 rings (SSSR count). The second-order valence-corrected chi connectivity index (χ2v) is 9.46. The number of rotatable bonds is 4. The van der Waals surface area contributed by atoms with E-state index in [1.54, 1.807) is 18.2 Å². The van der Waals surface area contributed by atoms with E-state index >= 15 is 0 Å². The summed E-state index contributed by atoms with van der Waals surface area (Å²) in [4.78, 5) is 12.3. The Hall–Kier alpha value is -0.570. The fraction of sp³-hybridized carbons (Fsp3) is 0.0588. The summed E-state index contributed by atoms with van der Waals surface area (Å²) < 4.78 is 7.84. The lowest BCUT2D eigenvalue weighted by molar-refractivity contribution is -0.115. The van der Waals surface area contributed by atoms with Crippen molar-refractivity contribution in [3.05, 3.63) is 65.4 Å². The highest BCUT2D eigenvalue weighted by Gasteiger charge is 2.22. The van der Waals surface area contributed by atoms with Gasteiger partial charge in [-0.2, -0.15) is 0 Å². The maximum Gasteiger partial charge on any atom is 0.263 e. The normalized spacial score (nSPS) is 15.5. The molecule has 0 atom stereocenters. The summed E-state index contributed by atoms with van der Waals surface area (Å²) in [5.74, 6) is 0.446. The van der Waals surface area contributed by atoms with E-state index in [4.69, 9.17) is 40.2 Å². The van der Waals surface area contributed by atoms with Crippen LogP contribution in [0.15, 0.2) is 44.2 Å².